The van der Waals surface area contributed by atoms with Gasteiger partial charge in [-0.2, -0.15) is 10.4 Å². The quantitative estimate of drug-likeness (QED) is 0.356. The first-order valence-electron chi connectivity index (χ1n) is 4.02. The zero-order chi connectivity index (χ0) is 11.3. The second-order valence-electron chi connectivity index (χ2n) is 2.67. The standard InChI is InChI=1S/C9H9ClN4S/c10-8-3-6(4-11)1-2-7(8)5-15-9(12)14-13/h1-3H,5,13H2,(H2,12,14). The number of rotatable bonds is 2. The average Bonchev–Trinajstić information content (AvgIpc) is 2.26. The van der Waals surface area contributed by atoms with Gasteiger partial charge in [-0.05, 0) is 17.7 Å². The number of nitriles is 1. The topological polar surface area (TPSA) is 88.2 Å². The number of halogens is 1. The van der Waals surface area contributed by atoms with Gasteiger partial charge in [0.15, 0.2) is 5.17 Å². The molecule has 0 radical (unpaired) electrons. The molecule has 0 aliphatic heterocycles. The minimum atomic E-state index is 0.301. The fourth-order valence-corrected chi connectivity index (χ4v) is 1.88. The van der Waals surface area contributed by atoms with Crippen molar-refractivity contribution in [3.63, 3.8) is 0 Å². The Hall–Kier alpha value is -1.38. The molecular formula is C9H9ClN4S. The molecule has 15 heavy (non-hydrogen) atoms. The van der Waals surface area contributed by atoms with Crippen LogP contribution < -0.4 is 11.6 Å². The second kappa shape index (κ2) is 5.49. The molecule has 4 nitrogen and oxygen atoms in total. The van der Waals surface area contributed by atoms with Gasteiger partial charge in [0.25, 0.3) is 0 Å². The Bertz CT molecular complexity index is 425. The number of thioether (sulfide) groups is 1. The van der Waals surface area contributed by atoms with Crippen LogP contribution in [0.3, 0.4) is 0 Å². The van der Waals surface area contributed by atoms with Gasteiger partial charge in [-0.25, -0.2) is 0 Å². The van der Waals surface area contributed by atoms with Crippen molar-refractivity contribution < 1.29 is 0 Å². The van der Waals surface area contributed by atoms with Gasteiger partial charge < -0.3 is 11.6 Å². The SMILES string of the molecule is N#Cc1ccc(CS/C(N)=N\N)c(Cl)c1. The molecule has 0 spiro atoms. The van der Waals surface area contributed by atoms with Crippen molar-refractivity contribution in [1.29, 1.82) is 5.26 Å². The summed E-state index contributed by atoms with van der Waals surface area (Å²) >= 11 is 7.25. The third-order valence-electron chi connectivity index (χ3n) is 1.68. The van der Waals surface area contributed by atoms with E-state index in [1.165, 1.54) is 11.8 Å². The van der Waals surface area contributed by atoms with E-state index < -0.39 is 0 Å². The molecule has 1 rings (SSSR count). The Morgan fingerprint density at radius 3 is 2.87 bits per heavy atom. The summed E-state index contributed by atoms with van der Waals surface area (Å²) in [6.07, 6.45) is 0. The number of hydrazone groups is 1. The Morgan fingerprint density at radius 1 is 1.60 bits per heavy atom. The zero-order valence-electron chi connectivity index (χ0n) is 7.77. The maximum Gasteiger partial charge on any atom is 0.177 e. The van der Waals surface area contributed by atoms with Crippen LogP contribution in [-0.4, -0.2) is 5.17 Å². The van der Waals surface area contributed by atoms with Gasteiger partial charge >= 0.3 is 0 Å². The van der Waals surface area contributed by atoms with E-state index in [9.17, 15) is 0 Å². The van der Waals surface area contributed by atoms with Crippen LogP contribution in [0.1, 0.15) is 11.1 Å². The minimum Gasteiger partial charge on any atom is -0.377 e. The van der Waals surface area contributed by atoms with Gasteiger partial charge in [0.2, 0.25) is 0 Å². The summed E-state index contributed by atoms with van der Waals surface area (Å²) in [5.74, 6) is 5.57. The number of benzene rings is 1. The lowest BCUT2D eigenvalue weighted by Gasteiger charge is -2.03. The van der Waals surface area contributed by atoms with Crippen LogP contribution in [0.15, 0.2) is 23.3 Å². The van der Waals surface area contributed by atoms with Gasteiger partial charge in [0.1, 0.15) is 0 Å². The van der Waals surface area contributed by atoms with Gasteiger partial charge in [-0.3, -0.25) is 0 Å². The number of hydrogen-bond donors (Lipinski definition) is 2. The number of nitrogens with zero attached hydrogens (tertiary/aromatic N) is 2. The highest BCUT2D eigenvalue weighted by molar-refractivity contribution is 8.13. The molecule has 0 amide bonds. The lowest BCUT2D eigenvalue weighted by atomic mass is 10.2. The van der Waals surface area contributed by atoms with E-state index in [0.29, 0.717) is 21.5 Å². The van der Waals surface area contributed by atoms with Crippen LogP contribution in [0.5, 0.6) is 0 Å². The highest BCUT2D eigenvalue weighted by atomic mass is 35.5. The molecule has 0 saturated carbocycles. The largest absolute Gasteiger partial charge is 0.377 e. The van der Waals surface area contributed by atoms with E-state index in [1.807, 2.05) is 6.07 Å². The maximum atomic E-state index is 8.64. The Labute approximate surface area is 96.9 Å². The summed E-state index contributed by atoms with van der Waals surface area (Å²) in [5, 5.41) is 12.8. The monoisotopic (exact) mass is 240 g/mol. The molecule has 0 atom stereocenters. The molecule has 0 aliphatic rings. The summed E-state index contributed by atoms with van der Waals surface area (Å²) in [6, 6.07) is 7.12. The summed E-state index contributed by atoms with van der Waals surface area (Å²) < 4.78 is 0. The molecule has 6 heteroatoms. The van der Waals surface area contributed by atoms with Gasteiger partial charge in [-0.15, -0.1) is 0 Å². The smallest absolute Gasteiger partial charge is 0.177 e. The van der Waals surface area contributed by atoms with Crippen molar-refractivity contribution in [2.75, 3.05) is 0 Å². The van der Waals surface area contributed by atoms with Gasteiger partial charge in [0, 0.05) is 10.8 Å². The highest BCUT2D eigenvalue weighted by Crippen LogP contribution is 2.22. The van der Waals surface area contributed by atoms with Crippen LogP contribution in [0.25, 0.3) is 0 Å². The van der Waals surface area contributed by atoms with E-state index >= 15 is 0 Å². The predicted molar refractivity (Wildman–Crippen MR) is 63.3 cm³/mol. The lowest BCUT2D eigenvalue weighted by molar-refractivity contribution is 1.25. The molecule has 0 aromatic heterocycles. The predicted octanol–water partition coefficient (Wildman–Crippen LogP) is 1.63. The van der Waals surface area contributed by atoms with Crippen molar-refractivity contribution in [3.05, 3.63) is 34.3 Å². The molecule has 0 saturated heterocycles. The van der Waals surface area contributed by atoms with Crippen LogP contribution >= 0.6 is 23.4 Å². The van der Waals surface area contributed by atoms with Crippen molar-refractivity contribution in [2.24, 2.45) is 16.7 Å². The first-order chi connectivity index (χ1) is 7.17. The summed E-state index contributed by atoms with van der Waals surface area (Å²) in [6.45, 7) is 0. The Morgan fingerprint density at radius 2 is 2.33 bits per heavy atom. The summed E-state index contributed by atoms with van der Waals surface area (Å²) in [4.78, 5) is 0. The second-order valence-corrected chi connectivity index (χ2v) is 4.08. The van der Waals surface area contributed by atoms with E-state index in [1.54, 1.807) is 18.2 Å². The Kier molecular flexibility index (Phi) is 4.28. The van der Waals surface area contributed by atoms with Gasteiger partial charge in [0.05, 0.1) is 11.6 Å². The van der Waals surface area contributed by atoms with E-state index in [2.05, 4.69) is 5.10 Å². The Balaban J connectivity index is 2.75. The molecule has 4 N–H and O–H groups in total. The lowest BCUT2D eigenvalue weighted by Crippen LogP contribution is -2.09. The van der Waals surface area contributed by atoms with Crippen molar-refractivity contribution in [1.82, 2.24) is 0 Å². The summed E-state index contributed by atoms with van der Waals surface area (Å²) in [5.41, 5.74) is 6.85. The molecule has 0 fully saturated rings. The molecule has 78 valence electrons. The maximum absolute atomic E-state index is 8.64. The normalized spacial score (nSPS) is 11.1. The third-order valence-corrected chi connectivity index (χ3v) is 2.89. The molecule has 1 aromatic rings. The number of nitrogens with two attached hydrogens (primary N) is 2. The fraction of sp³-hybridized carbons (Fsp3) is 0.111. The number of amidine groups is 1. The molecule has 0 unspecified atom stereocenters. The van der Waals surface area contributed by atoms with Crippen molar-refractivity contribution >= 4 is 28.5 Å². The summed E-state index contributed by atoms with van der Waals surface area (Å²) in [7, 11) is 0. The zero-order valence-corrected chi connectivity index (χ0v) is 9.35. The van der Waals surface area contributed by atoms with Gasteiger partial charge in [-0.1, -0.05) is 29.4 Å². The van der Waals surface area contributed by atoms with Crippen molar-refractivity contribution in [2.45, 2.75) is 5.75 Å². The first kappa shape index (κ1) is 11.7. The van der Waals surface area contributed by atoms with Crippen LogP contribution in [0.2, 0.25) is 5.02 Å². The average molecular weight is 241 g/mol. The number of hydrogen-bond acceptors (Lipinski definition) is 4. The van der Waals surface area contributed by atoms with E-state index in [0.717, 1.165) is 5.56 Å². The van der Waals surface area contributed by atoms with Crippen LogP contribution in [0.4, 0.5) is 0 Å². The minimum absolute atomic E-state index is 0.301. The molecule has 1 aromatic carbocycles. The van der Waals surface area contributed by atoms with Crippen molar-refractivity contribution in [3.8, 4) is 6.07 Å². The van der Waals surface area contributed by atoms with Crippen LogP contribution in [0, 0.1) is 11.3 Å². The highest BCUT2D eigenvalue weighted by Gasteiger charge is 2.03. The fourth-order valence-electron chi connectivity index (χ4n) is 0.923. The molecule has 0 aliphatic carbocycles. The molecule has 0 heterocycles. The van der Waals surface area contributed by atoms with E-state index in [4.69, 9.17) is 28.4 Å². The van der Waals surface area contributed by atoms with E-state index in [-0.39, 0.29) is 0 Å². The molecule has 0 bridgehead atoms. The first-order valence-corrected chi connectivity index (χ1v) is 5.38. The van der Waals surface area contributed by atoms with Crippen LogP contribution in [-0.2, 0) is 5.75 Å². The third kappa shape index (κ3) is 3.35. The molecular weight excluding hydrogens is 232 g/mol.